The Hall–Kier alpha value is -3.22. The number of nitrogens with zero attached hydrogens (tertiary/aromatic N) is 3. The zero-order valence-corrected chi connectivity index (χ0v) is 12.3. The molecule has 7 nitrogen and oxygen atoms in total. The van der Waals surface area contributed by atoms with E-state index in [0.717, 1.165) is 11.1 Å². The summed E-state index contributed by atoms with van der Waals surface area (Å²) in [6, 6.07) is 10.9. The molecule has 0 saturated heterocycles. The van der Waals surface area contributed by atoms with Crippen molar-refractivity contribution in [3.05, 3.63) is 82.3 Å². The normalized spacial score (nSPS) is 10.4. The number of rotatable bonds is 5. The molecule has 2 N–H and O–H groups in total. The summed E-state index contributed by atoms with van der Waals surface area (Å²) in [6.45, 7) is 0.957. The minimum absolute atomic E-state index is 0.103. The van der Waals surface area contributed by atoms with Crippen LogP contribution in [0.3, 0.4) is 0 Å². The smallest absolute Gasteiger partial charge is 0.260 e. The first-order valence-electron chi connectivity index (χ1n) is 7.08. The van der Waals surface area contributed by atoms with Crippen LogP contribution in [0.25, 0.3) is 0 Å². The molecule has 2 heterocycles. The molecule has 0 bridgehead atoms. The Labute approximate surface area is 132 Å². The summed E-state index contributed by atoms with van der Waals surface area (Å²) in [5, 5.41) is 6.81. The number of amides is 1. The Bertz CT molecular complexity index is 855. The van der Waals surface area contributed by atoms with Gasteiger partial charge in [-0.05, 0) is 23.3 Å². The zero-order valence-electron chi connectivity index (χ0n) is 12.3. The second kappa shape index (κ2) is 6.69. The highest BCUT2D eigenvalue weighted by Gasteiger charge is 2.09. The van der Waals surface area contributed by atoms with Crippen molar-refractivity contribution in [3.8, 4) is 0 Å². The van der Waals surface area contributed by atoms with Gasteiger partial charge in [-0.1, -0.05) is 24.3 Å². The molecule has 0 radical (unpaired) electrons. The first-order valence-corrected chi connectivity index (χ1v) is 7.08. The Balaban J connectivity index is 1.65. The predicted molar refractivity (Wildman–Crippen MR) is 83.8 cm³/mol. The maximum atomic E-state index is 12.0. The molecule has 7 heteroatoms. The van der Waals surface area contributed by atoms with Gasteiger partial charge in [0.2, 0.25) is 0 Å². The molecule has 3 rings (SSSR count). The van der Waals surface area contributed by atoms with Gasteiger partial charge in [0, 0.05) is 12.7 Å². The van der Waals surface area contributed by atoms with E-state index in [1.807, 2.05) is 24.3 Å². The van der Waals surface area contributed by atoms with Crippen LogP contribution in [0.4, 0.5) is 0 Å². The van der Waals surface area contributed by atoms with E-state index in [2.05, 4.69) is 20.4 Å². The van der Waals surface area contributed by atoms with Crippen molar-refractivity contribution in [2.24, 2.45) is 0 Å². The Morgan fingerprint density at radius 1 is 1.22 bits per heavy atom. The van der Waals surface area contributed by atoms with E-state index < -0.39 is 11.5 Å². The summed E-state index contributed by atoms with van der Waals surface area (Å²) < 4.78 is 1.72. The number of benzene rings is 1. The number of pyridine rings is 1. The molecule has 0 fully saturated rings. The third-order valence-electron chi connectivity index (χ3n) is 3.32. The van der Waals surface area contributed by atoms with Crippen LogP contribution in [-0.2, 0) is 13.1 Å². The molecule has 116 valence electrons. The van der Waals surface area contributed by atoms with E-state index in [4.69, 9.17) is 0 Å². The van der Waals surface area contributed by atoms with Crippen LogP contribution in [0.2, 0.25) is 0 Å². The molecule has 0 aliphatic carbocycles. The largest absolute Gasteiger partial charge is 0.348 e. The van der Waals surface area contributed by atoms with E-state index in [0.29, 0.717) is 13.1 Å². The monoisotopic (exact) mass is 309 g/mol. The zero-order chi connectivity index (χ0) is 16.1. The molecule has 1 aromatic carbocycles. The first kappa shape index (κ1) is 14.7. The number of carbonyl (C=O) groups excluding carboxylic acids is 1. The Morgan fingerprint density at radius 3 is 2.87 bits per heavy atom. The molecule has 0 unspecified atom stereocenters. The predicted octanol–water partition coefficient (Wildman–Crippen LogP) is 0.945. The number of carbonyl (C=O) groups is 1. The van der Waals surface area contributed by atoms with Gasteiger partial charge in [0.05, 0.1) is 6.54 Å². The number of nitrogens with one attached hydrogen (secondary N) is 2. The van der Waals surface area contributed by atoms with Gasteiger partial charge in [-0.25, -0.2) is 9.67 Å². The van der Waals surface area contributed by atoms with E-state index in [1.165, 1.54) is 18.6 Å². The van der Waals surface area contributed by atoms with Crippen LogP contribution < -0.4 is 10.9 Å². The summed E-state index contributed by atoms with van der Waals surface area (Å²) in [4.78, 5) is 30.0. The summed E-state index contributed by atoms with van der Waals surface area (Å²) >= 11 is 0. The molecule has 2 aromatic heterocycles. The SMILES string of the molecule is O=C(NCc1cccc(Cn2cncn2)c1)c1ccc[nH]c1=O. The van der Waals surface area contributed by atoms with E-state index in [1.54, 1.807) is 17.1 Å². The maximum Gasteiger partial charge on any atom is 0.260 e. The molecule has 0 saturated carbocycles. The molecule has 0 atom stereocenters. The molecular weight excluding hydrogens is 294 g/mol. The van der Waals surface area contributed by atoms with Gasteiger partial charge in [0.25, 0.3) is 11.5 Å². The number of hydrogen-bond acceptors (Lipinski definition) is 4. The number of H-pyrrole nitrogens is 1. The average molecular weight is 309 g/mol. The topological polar surface area (TPSA) is 92.7 Å². The van der Waals surface area contributed by atoms with Crippen LogP contribution in [0, 0.1) is 0 Å². The lowest BCUT2D eigenvalue weighted by Crippen LogP contribution is -2.28. The highest BCUT2D eigenvalue weighted by Crippen LogP contribution is 2.07. The Kier molecular flexibility index (Phi) is 4.28. The van der Waals surface area contributed by atoms with Gasteiger partial charge in [-0.3, -0.25) is 9.59 Å². The van der Waals surface area contributed by atoms with Gasteiger partial charge < -0.3 is 10.3 Å². The molecule has 0 spiro atoms. The first-order chi connectivity index (χ1) is 11.2. The third-order valence-corrected chi connectivity index (χ3v) is 3.32. The van der Waals surface area contributed by atoms with E-state index >= 15 is 0 Å². The van der Waals surface area contributed by atoms with Crippen molar-refractivity contribution < 1.29 is 4.79 Å². The summed E-state index contributed by atoms with van der Waals surface area (Å²) in [6.07, 6.45) is 4.63. The lowest BCUT2D eigenvalue weighted by Gasteiger charge is -2.07. The van der Waals surface area contributed by atoms with Gasteiger partial charge >= 0.3 is 0 Å². The molecule has 1 amide bonds. The van der Waals surface area contributed by atoms with Crippen molar-refractivity contribution in [2.45, 2.75) is 13.1 Å². The third kappa shape index (κ3) is 3.70. The summed E-state index contributed by atoms with van der Waals surface area (Å²) in [7, 11) is 0. The van der Waals surface area contributed by atoms with Gasteiger partial charge in [-0.2, -0.15) is 5.10 Å². The number of hydrogen-bond donors (Lipinski definition) is 2. The quantitative estimate of drug-likeness (QED) is 0.734. The lowest BCUT2D eigenvalue weighted by atomic mass is 10.1. The van der Waals surface area contributed by atoms with E-state index in [-0.39, 0.29) is 5.56 Å². The molecular formula is C16H15N5O2. The number of aromatic amines is 1. The highest BCUT2D eigenvalue weighted by atomic mass is 16.2. The minimum Gasteiger partial charge on any atom is -0.348 e. The molecule has 0 aliphatic rings. The summed E-state index contributed by atoms with van der Waals surface area (Å²) in [5.74, 6) is -0.395. The fourth-order valence-corrected chi connectivity index (χ4v) is 2.22. The fraction of sp³-hybridized carbons (Fsp3) is 0.125. The average Bonchev–Trinajstić information content (AvgIpc) is 3.06. The van der Waals surface area contributed by atoms with Crippen molar-refractivity contribution in [3.63, 3.8) is 0 Å². The maximum absolute atomic E-state index is 12.0. The summed E-state index contributed by atoms with van der Waals surface area (Å²) in [5.41, 5.74) is 1.71. The second-order valence-corrected chi connectivity index (χ2v) is 5.01. The molecule has 3 aromatic rings. The lowest BCUT2D eigenvalue weighted by molar-refractivity contribution is 0.0949. The van der Waals surface area contributed by atoms with Crippen LogP contribution in [0.1, 0.15) is 21.5 Å². The second-order valence-electron chi connectivity index (χ2n) is 5.01. The van der Waals surface area contributed by atoms with Gasteiger partial charge in [0.15, 0.2) is 0 Å². The van der Waals surface area contributed by atoms with Crippen LogP contribution >= 0.6 is 0 Å². The molecule has 23 heavy (non-hydrogen) atoms. The van der Waals surface area contributed by atoms with Crippen molar-refractivity contribution in [1.82, 2.24) is 25.1 Å². The molecule has 0 aliphatic heterocycles. The highest BCUT2D eigenvalue weighted by molar-refractivity contribution is 5.93. The van der Waals surface area contributed by atoms with Crippen LogP contribution in [-0.4, -0.2) is 25.7 Å². The minimum atomic E-state index is -0.398. The van der Waals surface area contributed by atoms with Gasteiger partial charge in [0.1, 0.15) is 18.2 Å². The van der Waals surface area contributed by atoms with E-state index in [9.17, 15) is 9.59 Å². The van der Waals surface area contributed by atoms with Crippen molar-refractivity contribution in [2.75, 3.05) is 0 Å². The number of aromatic nitrogens is 4. The van der Waals surface area contributed by atoms with Crippen LogP contribution in [0.5, 0.6) is 0 Å². The van der Waals surface area contributed by atoms with Crippen molar-refractivity contribution >= 4 is 5.91 Å². The Morgan fingerprint density at radius 2 is 2.09 bits per heavy atom. The van der Waals surface area contributed by atoms with Gasteiger partial charge in [-0.15, -0.1) is 0 Å². The fourth-order valence-electron chi connectivity index (χ4n) is 2.22. The van der Waals surface area contributed by atoms with Crippen molar-refractivity contribution in [1.29, 1.82) is 0 Å². The van der Waals surface area contributed by atoms with Crippen LogP contribution in [0.15, 0.2) is 60.0 Å². The standard InChI is InChI=1S/C16H15N5O2/c22-15-14(5-2-6-18-15)16(23)19-8-12-3-1-4-13(7-12)9-21-11-17-10-20-21/h1-7,10-11H,8-9H2,(H,18,22)(H,19,23).